The fourth-order valence-electron chi connectivity index (χ4n) is 1.96. The van der Waals surface area contributed by atoms with Gasteiger partial charge in [0.25, 0.3) is 5.95 Å². The summed E-state index contributed by atoms with van der Waals surface area (Å²) < 4.78 is 5.27. The lowest BCUT2D eigenvalue weighted by atomic mass is 10.1. The van der Waals surface area contributed by atoms with E-state index in [-0.39, 0.29) is 0 Å². The van der Waals surface area contributed by atoms with Gasteiger partial charge in [0.05, 0.1) is 24.8 Å². The van der Waals surface area contributed by atoms with Crippen molar-refractivity contribution in [3.63, 3.8) is 0 Å². The summed E-state index contributed by atoms with van der Waals surface area (Å²) in [6, 6.07) is 9.14. The molecule has 100 valence electrons. The Kier molecular flexibility index (Phi) is 3.48. The molecule has 2 aromatic rings. The van der Waals surface area contributed by atoms with E-state index in [4.69, 9.17) is 10.00 Å². The third-order valence-corrected chi connectivity index (χ3v) is 3.01. The summed E-state index contributed by atoms with van der Waals surface area (Å²) >= 11 is 0. The zero-order valence-electron chi connectivity index (χ0n) is 10.7. The largest absolute Gasteiger partial charge is 0.378 e. The molecule has 1 fully saturated rings. The molecule has 0 radical (unpaired) electrons. The summed E-state index contributed by atoms with van der Waals surface area (Å²) in [5.41, 5.74) is 1.29. The Hall–Kier alpha value is -2.59. The second-order valence-corrected chi connectivity index (χ2v) is 4.32. The van der Waals surface area contributed by atoms with Gasteiger partial charge >= 0.3 is 0 Å². The van der Waals surface area contributed by atoms with E-state index in [0.717, 1.165) is 18.7 Å². The highest BCUT2D eigenvalue weighted by Gasteiger charge is 2.15. The van der Waals surface area contributed by atoms with Crippen molar-refractivity contribution in [1.82, 2.24) is 20.4 Å². The highest BCUT2D eigenvalue weighted by molar-refractivity contribution is 5.57. The first-order chi connectivity index (χ1) is 9.86. The first-order valence-corrected chi connectivity index (χ1v) is 6.27. The third kappa shape index (κ3) is 2.55. The summed E-state index contributed by atoms with van der Waals surface area (Å²) in [7, 11) is 0. The fourth-order valence-corrected chi connectivity index (χ4v) is 1.96. The van der Waals surface area contributed by atoms with Crippen LogP contribution in [0.1, 0.15) is 5.56 Å². The molecule has 0 bridgehead atoms. The molecule has 0 spiro atoms. The lowest BCUT2D eigenvalue weighted by Crippen LogP contribution is -2.37. The maximum absolute atomic E-state index is 8.88. The van der Waals surface area contributed by atoms with Gasteiger partial charge < -0.3 is 9.64 Å². The molecular formula is C13H12N6O. The second kappa shape index (κ2) is 5.59. The highest BCUT2D eigenvalue weighted by atomic mass is 16.5. The van der Waals surface area contributed by atoms with Gasteiger partial charge in [-0.15, -0.1) is 20.4 Å². The number of rotatable bonds is 2. The molecule has 2 heterocycles. The molecule has 3 rings (SSSR count). The number of morpholine rings is 1. The van der Waals surface area contributed by atoms with Crippen LogP contribution in [0, 0.1) is 11.3 Å². The van der Waals surface area contributed by atoms with Crippen molar-refractivity contribution in [2.75, 3.05) is 31.2 Å². The molecule has 7 heteroatoms. The van der Waals surface area contributed by atoms with E-state index in [1.54, 1.807) is 18.2 Å². The molecule has 1 aromatic carbocycles. The lowest BCUT2D eigenvalue weighted by molar-refractivity contribution is 0.122. The molecule has 1 aliphatic rings. The SMILES string of the molecule is N#Cc1cccc(-c2nnc(N3CCOCC3)nn2)c1. The van der Waals surface area contributed by atoms with Crippen molar-refractivity contribution in [2.24, 2.45) is 0 Å². The van der Waals surface area contributed by atoms with Crippen molar-refractivity contribution in [3.05, 3.63) is 29.8 Å². The topological polar surface area (TPSA) is 87.8 Å². The van der Waals surface area contributed by atoms with Gasteiger partial charge in [-0.05, 0) is 12.1 Å². The van der Waals surface area contributed by atoms with E-state index >= 15 is 0 Å². The summed E-state index contributed by atoms with van der Waals surface area (Å²) in [6.07, 6.45) is 0. The average molecular weight is 268 g/mol. The number of hydrogen-bond donors (Lipinski definition) is 0. The standard InChI is InChI=1S/C13H12N6O/c14-9-10-2-1-3-11(8-10)12-15-17-13(18-16-12)19-4-6-20-7-5-19/h1-3,8H,4-7H2. The maximum atomic E-state index is 8.88. The van der Waals surface area contributed by atoms with Crippen LogP contribution in [0.3, 0.4) is 0 Å². The van der Waals surface area contributed by atoms with Crippen LogP contribution >= 0.6 is 0 Å². The Morgan fingerprint density at radius 2 is 1.85 bits per heavy atom. The minimum Gasteiger partial charge on any atom is -0.378 e. The molecular weight excluding hydrogens is 256 g/mol. The Labute approximate surface area is 115 Å². The van der Waals surface area contributed by atoms with E-state index in [9.17, 15) is 0 Å². The minimum atomic E-state index is 0.416. The summed E-state index contributed by atoms with van der Waals surface area (Å²) in [6.45, 7) is 2.81. The van der Waals surface area contributed by atoms with E-state index in [2.05, 4.69) is 26.5 Å². The number of hydrogen-bond acceptors (Lipinski definition) is 7. The summed E-state index contributed by atoms with van der Waals surface area (Å²) in [4.78, 5) is 1.99. The van der Waals surface area contributed by atoms with Gasteiger partial charge in [-0.1, -0.05) is 12.1 Å². The van der Waals surface area contributed by atoms with Crippen LogP contribution in [0.5, 0.6) is 0 Å². The van der Waals surface area contributed by atoms with Gasteiger partial charge in [-0.3, -0.25) is 0 Å². The number of nitriles is 1. The Morgan fingerprint density at radius 3 is 2.55 bits per heavy atom. The zero-order chi connectivity index (χ0) is 13.8. The normalized spacial score (nSPS) is 14.8. The predicted octanol–water partition coefficient (Wildman–Crippen LogP) is 0.642. The molecule has 1 aliphatic heterocycles. The third-order valence-electron chi connectivity index (χ3n) is 3.01. The van der Waals surface area contributed by atoms with Gasteiger partial charge in [-0.2, -0.15) is 5.26 Å². The summed E-state index contributed by atoms with van der Waals surface area (Å²) in [5.74, 6) is 0.924. The van der Waals surface area contributed by atoms with Crippen molar-refractivity contribution in [1.29, 1.82) is 5.26 Å². The van der Waals surface area contributed by atoms with Gasteiger partial charge in [-0.25, -0.2) is 0 Å². The Morgan fingerprint density at radius 1 is 1.10 bits per heavy atom. The fraction of sp³-hybridized carbons (Fsp3) is 0.308. The number of ether oxygens (including phenoxy) is 1. The molecule has 0 amide bonds. The van der Waals surface area contributed by atoms with Crippen LogP contribution in [0.25, 0.3) is 11.4 Å². The molecule has 20 heavy (non-hydrogen) atoms. The van der Waals surface area contributed by atoms with Crippen molar-refractivity contribution < 1.29 is 4.74 Å². The Bertz CT molecular complexity index is 630. The average Bonchev–Trinajstić information content (AvgIpc) is 2.56. The van der Waals surface area contributed by atoms with Gasteiger partial charge in [0.1, 0.15) is 0 Å². The lowest BCUT2D eigenvalue weighted by Gasteiger charge is -2.25. The van der Waals surface area contributed by atoms with Crippen molar-refractivity contribution in [3.8, 4) is 17.5 Å². The van der Waals surface area contributed by atoms with Gasteiger partial charge in [0.15, 0.2) is 0 Å². The Balaban J connectivity index is 1.83. The molecule has 7 nitrogen and oxygen atoms in total. The van der Waals surface area contributed by atoms with Crippen molar-refractivity contribution in [2.45, 2.75) is 0 Å². The van der Waals surface area contributed by atoms with E-state index in [1.807, 2.05) is 11.0 Å². The van der Waals surface area contributed by atoms with Crippen LogP contribution in [0.4, 0.5) is 5.95 Å². The van der Waals surface area contributed by atoms with E-state index < -0.39 is 0 Å². The van der Waals surface area contributed by atoms with E-state index in [0.29, 0.717) is 30.5 Å². The molecule has 1 aromatic heterocycles. The maximum Gasteiger partial charge on any atom is 0.264 e. The molecule has 0 saturated carbocycles. The van der Waals surface area contributed by atoms with Crippen molar-refractivity contribution >= 4 is 5.95 Å². The van der Waals surface area contributed by atoms with E-state index in [1.165, 1.54) is 0 Å². The minimum absolute atomic E-state index is 0.416. The van der Waals surface area contributed by atoms with Crippen LogP contribution in [0.15, 0.2) is 24.3 Å². The number of nitrogens with zero attached hydrogens (tertiary/aromatic N) is 6. The van der Waals surface area contributed by atoms with Crippen LogP contribution in [0.2, 0.25) is 0 Å². The molecule has 0 atom stereocenters. The number of aromatic nitrogens is 4. The first-order valence-electron chi connectivity index (χ1n) is 6.27. The molecule has 1 saturated heterocycles. The van der Waals surface area contributed by atoms with Gasteiger partial charge in [0, 0.05) is 18.7 Å². The van der Waals surface area contributed by atoms with Crippen LogP contribution in [-0.4, -0.2) is 46.7 Å². The summed E-state index contributed by atoms with van der Waals surface area (Å²) in [5, 5.41) is 25.2. The highest BCUT2D eigenvalue weighted by Crippen LogP contribution is 2.15. The van der Waals surface area contributed by atoms with Crippen LogP contribution in [-0.2, 0) is 4.74 Å². The molecule has 0 unspecified atom stereocenters. The monoisotopic (exact) mass is 268 g/mol. The second-order valence-electron chi connectivity index (χ2n) is 4.32. The number of benzene rings is 1. The zero-order valence-corrected chi connectivity index (χ0v) is 10.7. The first kappa shape index (κ1) is 12.4. The molecule has 0 N–H and O–H groups in total. The number of anilines is 1. The quantitative estimate of drug-likeness (QED) is 0.789. The predicted molar refractivity (Wildman–Crippen MR) is 70.8 cm³/mol. The smallest absolute Gasteiger partial charge is 0.264 e. The molecule has 0 aliphatic carbocycles. The van der Waals surface area contributed by atoms with Crippen LogP contribution < -0.4 is 4.90 Å². The van der Waals surface area contributed by atoms with Gasteiger partial charge in [0.2, 0.25) is 5.82 Å².